The summed E-state index contributed by atoms with van der Waals surface area (Å²) in [5.74, 6) is -0.209. The van der Waals surface area contributed by atoms with Crippen molar-refractivity contribution in [1.29, 1.82) is 0 Å². The second-order valence-corrected chi connectivity index (χ2v) is 6.88. The van der Waals surface area contributed by atoms with Gasteiger partial charge in [0.2, 0.25) is 0 Å². The Kier molecular flexibility index (Phi) is 9.07. The Bertz CT molecular complexity index is 541. The Morgan fingerprint density at radius 3 is 2.29 bits per heavy atom. The summed E-state index contributed by atoms with van der Waals surface area (Å²) in [6, 6.07) is 5.53. The number of carbonyl (C=O) groups excluding carboxylic acids is 1. The van der Waals surface area contributed by atoms with Crippen LogP contribution in [0.5, 0.6) is 11.5 Å². The number of esters is 1. The molecular weight excluding hydrogens is 351 g/mol. The smallest absolute Gasteiger partial charge is 0.308 e. The predicted molar refractivity (Wildman–Crippen MR) is 101 cm³/mol. The minimum atomic E-state index is -0.433. The first kappa shape index (κ1) is 23.0. The molecule has 0 bridgehead atoms. The van der Waals surface area contributed by atoms with E-state index in [2.05, 4.69) is 31.0 Å². The fourth-order valence-electron chi connectivity index (χ4n) is 3.14. The van der Waals surface area contributed by atoms with Crippen molar-refractivity contribution in [3.05, 3.63) is 23.8 Å². The van der Waals surface area contributed by atoms with Gasteiger partial charge in [0.15, 0.2) is 11.5 Å². The van der Waals surface area contributed by atoms with Gasteiger partial charge < -0.3 is 15.2 Å². The molecule has 1 aliphatic rings. The highest BCUT2D eigenvalue weighted by molar-refractivity contribution is 5.85. The largest absolute Gasteiger partial charge is 0.504 e. The van der Waals surface area contributed by atoms with Gasteiger partial charge in [-0.25, -0.2) is 0 Å². The van der Waals surface area contributed by atoms with Crippen LogP contribution in [-0.4, -0.2) is 42.2 Å². The average molecular weight is 379 g/mol. The molecule has 1 fully saturated rings. The molecular formula is C17H28Cl2N2O3. The van der Waals surface area contributed by atoms with Gasteiger partial charge in [-0.3, -0.25) is 9.69 Å². The number of hydrogen-bond acceptors (Lipinski definition) is 5. The number of phenols is 1. The number of halogens is 2. The molecule has 1 aromatic rings. The highest BCUT2D eigenvalue weighted by atomic mass is 35.5. The lowest BCUT2D eigenvalue weighted by Crippen LogP contribution is -2.48. The Labute approximate surface area is 156 Å². The number of ether oxygens (including phenoxy) is 1. The lowest BCUT2D eigenvalue weighted by Gasteiger charge is -2.42. The summed E-state index contributed by atoms with van der Waals surface area (Å²) in [7, 11) is 0. The van der Waals surface area contributed by atoms with Gasteiger partial charge in [-0.2, -0.15) is 0 Å². The molecule has 1 heterocycles. The Balaban J connectivity index is 0.00000264. The van der Waals surface area contributed by atoms with Crippen LogP contribution >= 0.6 is 24.8 Å². The molecule has 1 atom stereocenters. The molecule has 0 aromatic heterocycles. The third-order valence-electron chi connectivity index (χ3n) is 3.89. The molecule has 7 heteroatoms. The van der Waals surface area contributed by atoms with Crippen molar-refractivity contribution < 1.29 is 14.6 Å². The van der Waals surface area contributed by atoms with Crippen molar-refractivity contribution in [2.75, 3.05) is 26.2 Å². The van der Waals surface area contributed by atoms with E-state index < -0.39 is 5.97 Å². The Morgan fingerprint density at radius 1 is 1.25 bits per heavy atom. The number of aromatic hydroxyl groups is 1. The maximum Gasteiger partial charge on any atom is 0.308 e. The van der Waals surface area contributed by atoms with Crippen molar-refractivity contribution in [2.45, 2.75) is 33.7 Å². The summed E-state index contributed by atoms with van der Waals surface area (Å²) in [5.41, 5.74) is 1.08. The van der Waals surface area contributed by atoms with E-state index in [1.165, 1.54) is 6.92 Å². The standard InChI is InChI=1S/C17H26N2O3.2ClH/c1-12(20)22-15-6-5-13(11-14(15)21)16(17(2,3)4)19-9-7-18-8-10-19;;/h5-6,11,16,18,21H,7-10H2,1-4H3;2*1H/t16-;;/m1../s1. The lowest BCUT2D eigenvalue weighted by molar-refractivity contribution is -0.132. The van der Waals surface area contributed by atoms with Crippen LogP contribution in [0.15, 0.2) is 18.2 Å². The van der Waals surface area contributed by atoms with E-state index in [1.54, 1.807) is 12.1 Å². The molecule has 5 nitrogen and oxygen atoms in total. The van der Waals surface area contributed by atoms with Crippen LogP contribution in [0.25, 0.3) is 0 Å². The number of nitrogens with one attached hydrogen (secondary N) is 1. The zero-order valence-corrected chi connectivity index (χ0v) is 16.3. The maximum absolute atomic E-state index is 11.0. The Hall–Kier alpha value is -1.01. The predicted octanol–water partition coefficient (Wildman–Crippen LogP) is 3.15. The summed E-state index contributed by atoms with van der Waals surface area (Å²) in [4.78, 5) is 13.5. The van der Waals surface area contributed by atoms with Gasteiger partial charge >= 0.3 is 5.97 Å². The number of piperazine rings is 1. The second-order valence-electron chi connectivity index (χ2n) is 6.88. The molecule has 2 N–H and O–H groups in total. The first-order valence-electron chi connectivity index (χ1n) is 7.75. The SMILES string of the molecule is CC(=O)Oc1ccc([C@@H](N2CCNCC2)C(C)(C)C)cc1O.Cl.Cl. The third kappa shape index (κ3) is 5.81. The molecule has 2 rings (SSSR count). The van der Waals surface area contributed by atoms with Crippen molar-refractivity contribution in [3.63, 3.8) is 0 Å². The molecule has 0 unspecified atom stereocenters. The maximum atomic E-state index is 11.0. The van der Waals surface area contributed by atoms with E-state index in [4.69, 9.17) is 4.74 Å². The molecule has 24 heavy (non-hydrogen) atoms. The van der Waals surface area contributed by atoms with E-state index >= 15 is 0 Å². The van der Waals surface area contributed by atoms with Gasteiger partial charge in [0.25, 0.3) is 0 Å². The van der Waals surface area contributed by atoms with E-state index in [0.717, 1.165) is 31.7 Å². The third-order valence-corrected chi connectivity index (χ3v) is 3.89. The van der Waals surface area contributed by atoms with E-state index in [-0.39, 0.29) is 47.8 Å². The van der Waals surface area contributed by atoms with Gasteiger partial charge in [-0.15, -0.1) is 24.8 Å². The zero-order chi connectivity index (χ0) is 16.3. The molecule has 1 aliphatic heterocycles. The average Bonchev–Trinajstić information content (AvgIpc) is 2.41. The molecule has 1 saturated heterocycles. The number of carbonyl (C=O) groups is 1. The summed E-state index contributed by atoms with van der Waals surface area (Å²) >= 11 is 0. The molecule has 138 valence electrons. The van der Waals surface area contributed by atoms with Crippen LogP contribution < -0.4 is 10.1 Å². The van der Waals surface area contributed by atoms with Gasteiger partial charge in [-0.05, 0) is 23.1 Å². The van der Waals surface area contributed by atoms with Crippen LogP contribution in [0.1, 0.15) is 39.3 Å². The van der Waals surface area contributed by atoms with Crippen molar-refractivity contribution >= 4 is 30.8 Å². The van der Waals surface area contributed by atoms with Crippen LogP contribution in [0, 0.1) is 5.41 Å². The topological polar surface area (TPSA) is 61.8 Å². The second kappa shape index (κ2) is 9.47. The van der Waals surface area contributed by atoms with E-state index in [9.17, 15) is 9.90 Å². The van der Waals surface area contributed by atoms with Crippen LogP contribution in [0.4, 0.5) is 0 Å². The van der Waals surface area contributed by atoms with Gasteiger partial charge in [0.1, 0.15) is 0 Å². The molecule has 0 aliphatic carbocycles. The first-order chi connectivity index (χ1) is 10.3. The molecule has 1 aromatic carbocycles. The normalized spacial score (nSPS) is 16.5. The number of benzene rings is 1. The summed E-state index contributed by atoms with van der Waals surface area (Å²) in [5, 5.41) is 13.5. The van der Waals surface area contributed by atoms with Crippen LogP contribution in [0.2, 0.25) is 0 Å². The zero-order valence-electron chi connectivity index (χ0n) is 14.7. The summed E-state index contributed by atoms with van der Waals surface area (Å²) < 4.78 is 5.00. The molecule has 0 radical (unpaired) electrons. The minimum Gasteiger partial charge on any atom is -0.504 e. The highest BCUT2D eigenvalue weighted by Gasteiger charge is 2.33. The Morgan fingerprint density at radius 2 is 1.83 bits per heavy atom. The fourth-order valence-corrected chi connectivity index (χ4v) is 3.14. The van der Waals surface area contributed by atoms with Crippen molar-refractivity contribution in [1.82, 2.24) is 10.2 Å². The van der Waals surface area contributed by atoms with E-state index in [1.807, 2.05) is 6.07 Å². The number of nitrogens with zero attached hydrogens (tertiary/aromatic N) is 1. The van der Waals surface area contributed by atoms with E-state index in [0.29, 0.717) is 0 Å². The highest BCUT2D eigenvalue weighted by Crippen LogP contribution is 2.40. The summed E-state index contributed by atoms with van der Waals surface area (Å²) in [6.07, 6.45) is 0. The quantitative estimate of drug-likeness (QED) is 0.624. The van der Waals surface area contributed by atoms with Gasteiger partial charge in [0, 0.05) is 39.1 Å². The lowest BCUT2D eigenvalue weighted by atomic mass is 9.81. The van der Waals surface area contributed by atoms with Gasteiger partial charge in [-0.1, -0.05) is 26.8 Å². The fraction of sp³-hybridized carbons (Fsp3) is 0.588. The molecule has 0 spiro atoms. The number of rotatable bonds is 3. The monoisotopic (exact) mass is 378 g/mol. The molecule has 0 amide bonds. The van der Waals surface area contributed by atoms with Crippen LogP contribution in [0.3, 0.4) is 0 Å². The minimum absolute atomic E-state index is 0. The first-order valence-corrected chi connectivity index (χ1v) is 7.75. The molecule has 0 saturated carbocycles. The number of hydrogen-bond donors (Lipinski definition) is 2. The van der Waals surface area contributed by atoms with Crippen molar-refractivity contribution in [2.24, 2.45) is 5.41 Å². The summed E-state index contributed by atoms with van der Waals surface area (Å²) in [6.45, 7) is 11.9. The van der Waals surface area contributed by atoms with Crippen molar-refractivity contribution in [3.8, 4) is 11.5 Å². The van der Waals surface area contributed by atoms with Gasteiger partial charge in [0.05, 0.1) is 0 Å². The van der Waals surface area contributed by atoms with Crippen LogP contribution in [-0.2, 0) is 4.79 Å². The number of phenolic OH excluding ortho intramolecular Hbond substituents is 1.